The van der Waals surface area contributed by atoms with E-state index in [2.05, 4.69) is 9.97 Å². The summed E-state index contributed by atoms with van der Waals surface area (Å²) >= 11 is 0. The summed E-state index contributed by atoms with van der Waals surface area (Å²) in [6.07, 6.45) is 11.2. The molecule has 1 aromatic rings. The van der Waals surface area contributed by atoms with Gasteiger partial charge in [0.2, 0.25) is 0 Å². The van der Waals surface area contributed by atoms with Gasteiger partial charge in [0.1, 0.15) is 12.1 Å². The van der Waals surface area contributed by atoms with Crippen molar-refractivity contribution in [3.63, 3.8) is 0 Å². The molecule has 0 aromatic carbocycles. The van der Waals surface area contributed by atoms with Crippen LogP contribution in [0.3, 0.4) is 0 Å². The highest BCUT2D eigenvalue weighted by Crippen LogP contribution is 2.31. The summed E-state index contributed by atoms with van der Waals surface area (Å²) < 4.78 is 4.73. The van der Waals surface area contributed by atoms with Gasteiger partial charge in [0.15, 0.2) is 5.69 Å². The first-order valence-corrected chi connectivity index (χ1v) is 5.57. The van der Waals surface area contributed by atoms with Gasteiger partial charge < -0.3 is 9.64 Å². The van der Waals surface area contributed by atoms with E-state index in [1.54, 1.807) is 0 Å². The van der Waals surface area contributed by atoms with Gasteiger partial charge >= 0.3 is 5.97 Å². The largest absolute Gasteiger partial charge is 0.464 e. The predicted molar refractivity (Wildman–Crippen MR) is 67.0 cm³/mol. The molecule has 0 radical (unpaired) electrons. The second-order valence-electron chi connectivity index (χ2n) is 3.91. The van der Waals surface area contributed by atoms with Crippen molar-refractivity contribution in [3.8, 4) is 0 Å². The normalized spacial score (nSPS) is 15.8. The van der Waals surface area contributed by atoms with Crippen LogP contribution in [0.5, 0.6) is 0 Å². The van der Waals surface area contributed by atoms with Crippen LogP contribution in [0.15, 0.2) is 36.3 Å². The fraction of sp³-hybridized carbons (Fsp3) is 0.154. The van der Waals surface area contributed by atoms with E-state index in [0.717, 1.165) is 18.1 Å². The van der Waals surface area contributed by atoms with E-state index in [1.807, 2.05) is 35.3 Å². The molecule has 0 unspecified atom stereocenters. The van der Waals surface area contributed by atoms with E-state index in [-0.39, 0.29) is 0 Å². The Kier molecular flexibility index (Phi) is 2.44. The number of carbonyl (C=O) groups is 1. The molecule has 2 aliphatic heterocycles. The first-order chi connectivity index (χ1) is 8.81. The lowest BCUT2D eigenvalue weighted by molar-refractivity contribution is 0.0593. The molecule has 0 saturated carbocycles. The van der Waals surface area contributed by atoms with Crippen LogP contribution >= 0.6 is 0 Å². The van der Waals surface area contributed by atoms with Crippen LogP contribution in [0, 0.1) is 0 Å². The van der Waals surface area contributed by atoms with Gasteiger partial charge in [-0.15, -0.1) is 0 Å². The van der Waals surface area contributed by atoms with Crippen molar-refractivity contribution in [2.45, 2.75) is 0 Å². The molecule has 0 bridgehead atoms. The summed E-state index contributed by atoms with van der Waals surface area (Å²) in [7, 11) is 1.35. The lowest BCUT2D eigenvalue weighted by Crippen LogP contribution is -2.28. The maximum absolute atomic E-state index is 11.7. The number of hydrogen-bond donors (Lipinski definition) is 0. The van der Waals surface area contributed by atoms with Crippen LogP contribution in [-0.4, -0.2) is 29.6 Å². The van der Waals surface area contributed by atoms with Crippen LogP contribution in [-0.2, 0) is 4.74 Å². The van der Waals surface area contributed by atoms with E-state index in [0.29, 0.717) is 11.3 Å². The Morgan fingerprint density at radius 2 is 2.28 bits per heavy atom. The molecule has 18 heavy (non-hydrogen) atoms. The lowest BCUT2D eigenvalue weighted by atomic mass is 10.1. The first kappa shape index (κ1) is 10.7. The van der Waals surface area contributed by atoms with Crippen LogP contribution in [0.1, 0.15) is 16.1 Å². The number of hydrogen-bond acceptors (Lipinski definition) is 5. The quantitative estimate of drug-likeness (QED) is 0.698. The average Bonchev–Trinajstić information content (AvgIpc) is 2.45. The minimum absolute atomic E-state index is 0.298. The molecule has 0 fully saturated rings. The Labute approximate surface area is 104 Å². The smallest absolute Gasteiger partial charge is 0.357 e. The van der Waals surface area contributed by atoms with Crippen LogP contribution < -0.4 is 4.90 Å². The van der Waals surface area contributed by atoms with Crippen molar-refractivity contribution in [3.05, 3.63) is 47.6 Å². The summed E-state index contributed by atoms with van der Waals surface area (Å²) in [5.41, 5.74) is 2.06. The van der Waals surface area contributed by atoms with Crippen molar-refractivity contribution in [1.29, 1.82) is 0 Å². The fourth-order valence-electron chi connectivity index (χ4n) is 2.07. The molecule has 90 valence electrons. The highest BCUT2D eigenvalue weighted by molar-refractivity contribution is 5.95. The number of allylic oxidation sites excluding steroid dienone is 3. The van der Waals surface area contributed by atoms with Gasteiger partial charge in [0.05, 0.1) is 12.7 Å². The Hall–Kier alpha value is -2.43. The zero-order chi connectivity index (χ0) is 12.5. The number of aromatic nitrogens is 2. The number of rotatable bonds is 1. The number of nitrogens with zero attached hydrogens (tertiary/aromatic N) is 3. The molecule has 0 N–H and O–H groups in total. The Morgan fingerprint density at radius 1 is 1.39 bits per heavy atom. The molecule has 0 aliphatic carbocycles. The summed E-state index contributed by atoms with van der Waals surface area (Å²) in [6, 6.07) is 0. The van der Waals surface area contributed by atoms with E-state index < -0.39 is 5.97 Å². The van der Waals surface area contributed by atoms with Crippen molar-refractivity contribution >= 4 is 17.9 Å². The number of esters is 1. The van der Waals surface area contributed by atoms with Crippen molar-refractivity contribution in [2.24, 2.45) is 0 Å². The molecule has 5 heteroatoms. The van der Waals surface area contributed by atoms with Gasteiger partial charge in [0, 0.05) is 12.2 Å². The summed E-state index contributed by atoms with van der Waals surface area (Å²) in [6.45, 7) is 0.737. The van der Waals surface area contributed by atoms with Gasteiger partial charge in [-0.25, -0.2) is 14.8 Å². The molecule has 0 atom stereocenters. The highest BCUT2D eigenvalue weighted by atomic mass is 16.5. The first-order valence-electron chi connectivity index (χ1n) is 5.57. The number of methoxy groups -OCH3 is 1. The number of anilines is 1. The maximum Gasteiger partial charge on any atom is 0.357 e. The topological polar surface area (TPSA) is 55.3 Å². The minimum atomic E-state index is -0.446. The standard InChI is InChI=1S/C13H11N3O2/c1-18-13(17)11-10-6-5-9-4-2-3-7-16(9)12(10)15-8-14-11/h2-6,8H,7H2,1H3. The molecular formula is C13H11N3O2. The zero-order valence-electron chi connectivity index (χ0n) is 9.83. The van der Waals surface area contributed by atoms with E-state index >= 15 is 0 Å². The second kappa shape index (κ2) is 4.10. The molecule has 0 saturated heterocycles. The predicted octanol–water partition coefficient (Wildman–Crippen LogP) is 1.55. The van der Waals surface area contributed by atoms with Gasteiger partial charge in [0.25, 0.3) is 0 Å². The molecule has 5 nitrogen and oxygen atoms in total. The Morgan fingerprint density at radius 3 is 3.11 bits per heavy atom. The summed E-state index contributed by atoms with van der Waals surface area (Å²) in [5.74, 6) is 0.293. The Balaban J connectivity index is 2.15. The van der Waals surface area contributed by atoms with Crippen molar-refractivity contribution in [1.82, 2.24) is 9.97 Å². The van der Waals surface area contributed by atoms with Crippen LogP contribution in [0.2, 0.25) is 0 Å². The summed E-state index contributed by atoms with van der Waals surface area (Å²) in [5, 5.41) is 0. The van der Waals surface area contributed by atoms with E-state index in [9.17, 15) is 4.79 Å². The van der Waals surface area contributed by atoms with Crippen LogP contribution in [0.4, 0.5) is 5.82 Å². The number of fused-ring (bicyclic) bond motifs is 3. The fourth-order valence-corrected chi connectivity index (χ4v) is 2.07. The molecule has 0 spiro atoms. The molecule has 2 aliphatic rings. The lowest BCUT2D eigenvalue weighted by Gasteiger charge is -2.29. The number of carbonyl (C=O) groups excluding carboxylic acids is 1. The van der Waals surface area contributed by atoms with Gasteiger partial charge in [-0.1, -0.05) is 12.2 Å². The molecule has 3 rings (SSSR count). The second-order valence-corrected chi connectivity index (χ2v) is 3.91. The van der Waals surface area contributed by atoms with E-state index in [4.69, 9.17) is 4.74 Å². The van der Waals surface area contributed by atoms with Crippen LogP contribution in [0.25, 0.3) is 6.08 Å². The van der Waals surface area contributed by atoms with Gasteiger partial charge in [-0.3, -0.25) is 0 Å². The third kappa shape index (κ3) is 1.52. The van der Waals surface area contributed by atoms with Gasteiger partial charge in [-0.2, -0.15) is 0 Å². The SMILES string of the molecule is COC(=O)c1ncnc2c1C=CC1=CC=CCN12. The number of ether oxygens (including phenoxy) is 1. The van der Waals surface area contributed by atoms with Crippen molar-refractivity contribution < 1.29 is 9.53 Å². The summed E-state index contributed by atoms with van der Waals surface area (Å²) in [4.78, 5) is 21.9. The highest BCUT2D eigenvalue weighted by Gasteiger charge is 2.24. The Bertz CT molecular complexity index is 602. The van der Waals surface area contributed by atoms with Gasteiger partial charge in [-0.05, 0) is 18.2 Å². The van der Waals surface area contributed by atoms with E-state index in [1.165, 1.54) is 13.4 Å². The third-order valence-corrected chi connectivity index (χ3v) is 2.92. The molecular weight excluding hydrogens is 230 g/mol. The maximum atomic E-state index is 11.7. The molecule has 1 aromatic heterocycles. The third-order valence-electron chi connectivity index (χ3n) is 2.92. The minimum Gasteiger partial charge on any atom is -0.464 e. The molecule has 3 heterocycles. The monoisotopic (exact) mass is 241 g/mol. The zero-order valence-corrected chi connectivity index (χ0v) is 9.83. The van der Waals surface area contributed by atoms with Crippen molar-refractivity contribution in [2.75, 3.05) is 18.6 Å². The molecule has 0 amide bonds. The average molecular weight is 241 g/mol.